The summed E-state index contributed by atoms with van der Waals surface area (Å²) in [7, 11) is 0. The van der Waals surface area contributed by atoms with Crippen molar-refractivity contribution in [3.8, 4) is 32.7 Å². The van der Waals surface area contributed by atoms with Crippen molar-refractivity contribution in [3.63, 3.8) is 0 Å². The Balaban J connectivity index is 1.64. The zero-order valence-electron chi connectivity index (χ0n) is 14.3. The molecule has 0 fully saturated rings. The number of rotatable bonds is 4. The minimum absolute atomic E-state index is 0.0722. The summed E-state index contributed by atoms with van der Waals surface area (Å²) in [5.41, 5.74) is 2.07. The van der Waals surface area contributed by atoms with Crippen LogP contribution in [0.5, 0.6) is 0 Å². The predicted molar refractivity (Wildman–Crippen MR) is 103 cm³/mol. The van der Waals surface area contributed by atoms with Gasteiger partial charge in [0.2, 0.25) is 0 Å². The lowest BCUT2D eigenvalue weighted by Crippen LogP contribution is -1.96. The van der Waals surface area contributed by atoms with Crippen LogP contribution in [0.1, 0.15) is 5.69 Å². The van der Waals surface area contributed by atoms with E-state index in [1.165, 1.54) is 11.3 Å². The molecule has 0 atom stereocenters. The molecule has 1 aliphatic rings. The van der Waals surface area contributed by atoms with Gasteiger partial charge in [-0.1, -0.05) is 6.07 Å². The molecule has 136 valence electrons. The quantitative estimate of drug-likeness (QED) is 0.502. The van der Waals surface area contributed by atoms with E-state index in [-0.39, 0.29) is 11.3 Å². The molecule has 0 aliphatic heterocycles. The Morgan fingerprint density at radius 3 is 2.36 bits per heavy atom. The molecular weight excluding hydrogens is 380 g/mol. The van der Waals surface area contributed by atoms with Crippen molar-refractivity contribution in [3.05, 3.63) is 73.0 Å². The number of thiazole rings is 1. The summed E-state index contributed by atoms with van der Waals surface area (Å²) >= 11 is 1.31. The summed E-state index contributed by atoms with van der Waals surface area (Å²) in [5, 5.41) is 0.616. The van der Waals surface area contributed by atoms with Crippen molar-refractivity contribution in [1.82, 2.24) is 24.9 Å². The third-order valence-electron chi connectivity index (χ3n) is 4.17. The number of nitrogens with zero attached hydrogens (tertiary/aromatic N) is 5. The highest BCUT2D eigenvalue weighted by Crippen LogP contribution is 2.51. The van der Waals surface area contributed by atoms with E-state index in [2.05, 4.69) is 24.9 Å². The first-order chi connectivity index (χ1) is 13.6. The van der Waals surface area contributed by atoms with Gasteiger partial charge in [0, 0.05) is 36.4 Å². The van der Waals surface area contributed by atoms with Gasteiger partial charge in [-0.25, -0.2) is 19.9 Å². The lowest BCUT2D eigenvalue weighted by Gasteiger charge is -2.03. The molecule has 0 N–H and O–H groups in total. The first kappa shape index (κ1) is 16.8. The largest absolute Gasteiger partial charge is 0.294 e. The Kier molecular flexibility index (Phi) is 3.80. The van der Waals surface area contributed by atoms with Crippen LogP contribution >= 0.6 is 11.3 Å². The SMILES string of the molecule is FC1(F)C=C1c1nc(-c2cccnc2)sc1-c1cccc(-c2ncccn2)n1. The molecule has 0 amide bonds. The average Bonchev–Trinajstić information content (AvgIpc) is 3.17. The summed E-state index contributed by atoms with van der Waals surface area (Å²) in [5.74, 6) is -2.45. The number of allylic oxidation sites excluding steroid dienone is 2. The highest BCUT2D eigenvalue weighted by Gasteiger charge is 2.48. The molecule has 0 aromatic carbocycles. The number of halogens is 2. The van der Waals surface area contributed by atoms with E-state index in [1.807, 2.05) is 6.07 Å². The second-order valence-electron chi connectivity index (χ2n) is 6.10. The molecule has 0 saturated carbocycles. The molecule has 1 aliphatic carbocycles. The van der Waals surface area contributed by atoms with E-state index in [1.54, 1.807) is 55.1 Å². The van der Waals surface area contributed by atoms with Crippen molar-refractivity contribution in [1.29, 1.82) is 0 Å². The zero-order chi connectivity index (χ0) is 19.1. The van der Waals surface area contributed by atoms with E-state index in [0.717, 1.165) is 11.6 Å². The standard InChI is InChI=1S/C20H11F2N5S/c21-20(22)10-13(20)16-17(28-19(27-16)12-4-2-7-23-11-12)14-5-1-6-15(26-14)18-24-8-3-9-25-18/h1-11H. The van der Waals surface area contributed by atoms with Crippen molar-refractivity contribution in [2.24, 2.45) is 0 Å². The van der Waals surface area contributed by atoms with Crippen LogP contribution in [0.15, 0.2) is 67.3 Å². The van der Waals surface area contributed by atoms with Gasteiger partial charge in [-0.05, 0) is 30.3 Å². The summed E-state index contributed by atoms with van der Waals surface area (Å²) in [4.78, 5) is 22.2. The van der Waals surface area contributed by atoms with E-state index < -0.39 is 5.92 Å². The highest BCUT2D eigenvalue weighted by atomic mass is 32.1. The molecule has 0 radical (unpaired) electrons. The molecule has 0 bridgehead atoms. The summed E-state index contributed by atoms with van der Waals surface area (Å²) in [6.45, 7) is 0. The van der Waals surface area contributed by atoms with Crippen molar-refractivity contribution in [2.75, 3.05) is 0 Å². The minimum Gasteiger partial charge on any atom is -0.264 e. The van der Waals surface area contributed by atoms with Crippen LogP contribution in [0.4, 0.5) is 8.78 Å². The summed E-state index contributed by atoms with van der Waals surface area (Å²) < 4.78 is 27.5. The first-order valence-electron chi connectivity index (χ1n) is 8.39. The van der Waals surface area contributed by atoms with Crippen molar-refractivity contribution in [2.45, 2.75) is 5.92 Å². The van der Waals surface area contributed by atoms with Gasteiger partial charge in [0.05, 0.1) is 21.8 Å². The van der Waals surface area contributed by atoms with Crippen LogP contribution in [0.3, 0.4) is 0 Å². The average molecular weight is 391 g/mol. The summed E-state index contributed by atoms with van der Waals surface area (Å²) in [6.07, 6.45) is 7.49. The van der Waals surface area contributed by atoms with Crippen LogP contribution in [0.25, 0.3) is 38.2 Å². The fraction of sp³-hybridized carbons (Fsp3) is 0.0500. The molecule has 5 nitrogen and oxygen atoms in total. The van der Waals surface area contributed by atoms with Gasteiger partial charge < -0.3 is 0 Å². The fourth-order valence-corrected chi connectivity index (χ4v) is 3.82. The van der Waals surface area contributed by atoms with Gasteiger partial charge in [-0.15, -0.1) is 11.3 Å². The minimum atomic E-state index is -2.92. The van der Waals surface area contributed by atoms with Gasteiger partial charge in [-0.2, -0.15) is 8.78 Å². The molecule has 4 aromatic rings. The maximum Gasteiger partial charge on any atom is 0.294 e. The number of alkyl halides is 2. The van der Waals surface area contributed by atoms with E-state index in [0.29, 0.717) is 27.1 Å². The second kappa shape index (κ2) is 6.35. The molecular formula is C20H11F2N5S. The maximum absolute atomic E-state index is 13.8. The number of hydrogen-bond donors (Lipinski definition) is 0. The molecule has 4 aromatic heterocycles. The Bertz CT molecular complexity index is 1190. The maximum atomic E-state index is 13.8. The second-order valence-corrected chi connectivity index (χ2v) is 7.10. The molecule has 0 spiro atoms. The van der Waals surface area contributed by atoms with Gasteiger partial charge in [-0.3, -0.25) is 4.98 Å². The van der Waals surface area contributed by atoms with E-state index in [9.17, 15) is 8.78 Å². The third-order valence-corrected chi connectivity index (χ3v) is 5.30. The Hall–Kier alpha value is -3.39. The predicted octanol–water partition coefficient (Wildman–Crippen LogP) is 4.76. The van der Waals surface area contributed by atoms with Crippen LogP contribution < -0.4 is 0 Å². The zero-order valence-corrected chi connectivity index (χ0v) is 15.1. The Labute approximate surface area is 162 Å². The third kappa shape index (κ3) is 2.97. The fourth-order valence-electron chi connectivity index (χ4n) is 2.78. The van der Waals surface area contributed by atoms with Crippen molar-refractivity contribution >= 4 is 16.9 Å². The monoisotopic (exact) mass is 391 g/mol. The molecule has 28 heavy (non-hydrogen) atoms. The Morgan fingerprint density at radius 1 is 0.857 bits per heavy atom. The lowest BCUT2D eigenvalue weighted by atomic mass is 10.2. The first-order valence-corrected chi connectivity index (χ1v) is 9.21. The highest BCUT2D eigenvalue weighted by molar-refractivity contribution is 7.18. The van der Waals surface area contributed by atoms with Gasteiger partial charge in [0.25, 0.3) is 5.92 Å². The van der Waals surface area contributed by atoms with Gasteiger partial charge >= 0.3 is 0 Å². The Morgan fingerprint density at radius 2 is 1.64 bits per heavy atom. The number of aromatic nitrogens is 5. The van der Waals surface area contributed by atoms with Crippen LogP contribution in [-0.2, 0) is 0 Å². The molecule has 4 heterocycles. The smallest absolute Gasteiger partial charge is 0.264 e. The normalized spacial score (nSPS) is 14.6. The van der Waals surface area contributed by atoms with E-state index in [4.69, 9.17) is 0 Å². The van der Waals surface area contributed by atoms with Crippen molar-refractivity contribution < 1.29 is 8.78 Å². The van der Waals surface area contributed by atoms with Gasteiger partial charge in [0.1, 0.15) is 10.7 Å². The number of hydrogen-bond acceptors (Lipinski definition) is 6. The molecule has 5 rings (SSSR count). The molecule has 8 heteroatoms. The topological polar surface area (TPSA) is 64.5 Å². The van der Waals surface area contributed by atoms with Crippen LogP contribution in [0, 0.1) is 0 Å². The molecule has 0 saturated heterocycles. The lowest BCUT2D eigenvalue weighted by molar-refractivity contribution is 0.159. The number of pyridine rings is 2. The van der Waals surface area contributed by atoms with Gasteiger partial charge in [0.15, 0.2) is 5.82 Å². The summed E-state index contributed by atoms with van der Waals surface area (Å²) in [6, 6.07) is 10.7. The van der Waals surface area contributed by atoms with E-state index >= 15 is 0 Å². The molecule has 0 unspecified atom stereocenters. The van der Waals surface area contributed by atoms with Crippen LogP contribution in [0.2, 0.25) is 0 Å². The van der Waals surface area contributed by atoms with Crippen LogP contribution in [-0.4, -0.2) is 30.8 Å².